The molecule has 0 amide bonds. The van der Waals surface area contributed by atoms with Gasteiger partial charge in [-0.1, -0.05) is 55.2 Å². The maximum Gasteiger partial charge on any atom is 0.137 e. The van der Waals surface area contributed by atoms with Crippen molar-refractivity contribution in [3.63, 3.8) is 0 Å². The molecule has 0 bridgehead atoms. The van der Waals surface area contributed by atoms with Gasteiger partial charge in [0.05, 0.1) is 0 Å². The predicted octanol–water partition coefficient (Wildman–Crippen LogP) is 6.41. The molecule has 112 valence electrons. The number of unbranched alkanes of at least 4 members (excludes halogenated alkanes) is 2. The topological polar surface area (TPSA) is 13.1 Å². The fourth-order valence-electron chi connectivity index (χ4n) is 2.51. The summed E-state index contributed by atoms with van der Waals surface area (Å²) in [6.45, 7) is 8.56. The van der Waals surface area contributed by atoms with Gasteiger partial charge in [-0.25, -0.2) is 0 Å². The number of hydrogen-bond donors (Lipinski definition) is 0. The van der Waals surface area contributed by atoms with Crippen molar-refractivity contribution in [1.82, 2.24) is 0 Å². The SMILES string of the molecule is CCCCCc1cc(C=C(C)C)oc1-c1ccc(C)cc1. The van der Waals surface area contributed by atoms with Crippen LogP contribution in [0.1, 0.15) is 56.9 Å². The van der Waals surface area contributed by atoms with Crippen LogP contribution < -0.4 is 0 Å². The second kappa shape index (κ2) is 7.31. The van der Waals surface area contributed by atoms with Gasteiger partial charge in [-0.15, -0.1) is 0 Å². The van der Waals surface area contributed by atoms with Crippen molar-refractivity contribution in [2.45, 2.75) is 53.4 Å². The van der Waals surface area contributed by atoms with E-state index < -0.39 is 0 Å². The first-order valence-electron chi connectivity index (χ1n) is 7.94. The maximum absolute atomic E-state index is 6.11. The highest BCUT2D eigenvalue weighted by Gasteiger charge is 2.12. The zero-order valence-electron chi connectivity index (χ0n) is 13.7. The van der Waals surface area contributed by atoms with Crippen LogP contribution in [-0.4, -0.2) is 0 Å². The Morgan fingerprint density at radius 2 is 1.81 bits per heavy atom. The Balaban J connectivity index is 2.34. The third-order valence-electron chi connectivity index (χ3n) is 3.62. The highest BCUT2D eigenvalue weighted by Crippen LogP contribution is 2.30. The van der Waals surface area contributed by atoms with Crippen molar-refractivity contribution < 1.29 is 4.42 Å². The second-order valence-corrected chi connectivity index (χ2v) is 6.05. The molecule has 1 nitrogen and oxygen atoms in total. The molecular formula is C20H26O. The number of benzene rings is 1. The van der Waals surface area contributed by atoms with Gasteiger partial charge in [0.15, 0.2) is 0 Å². The van der Waals surface area contributed by atoms with Crippen LogP contribution in [0.25, 0.3) is 17.4 Å². The summed E-state index contributed by atoms with van der Waals surface area (Å²) in [5.74, 6) is 2.01. The quantitative estimate of drug-likeness (QED) is 0.558. The Labute approximate surface area is 128 Å². The van der Waals surface area contributed by atoms with Gasteiger partial charge >= 0.3 is 0 Å². The van der Waals surface area contributed by atoms with E-state index in [0.717, 1.165) is 17.9 Å². The molecule has 0 saturated carbocycles. The zero-order valence-corrected chi connectivity index (χ0v) is 13.7. The zero-order chi connectivity index (χ0) is 15.2. The summed E-state index contributed by atoms with van der Waals surface area (Å²) in [6.07, 6.45) is 6.95. The predicted molar refractivity (Wildman–Crippen MR) is 91.4 cm³/mol. The van der Waals surface area contributed by atoms with Gasteiger partial charge in [-0.3, -0.25) is 0 Å². The Hall–Kier alpha value is -1.76. The van der Waals surface area contributed by atoms with Gasteiger partial charge in [-0.05, 0) is 51.3 Å². The first-order chi connectivity index (χ1) is 10.1. The molecular weight excluding hydrogens is 256 g/mol. The highest BCUT2D eigenvalue weighted by atomic mass is 16.3. The number of furan rings is 1. The van der Waals surface area contributed by atoms with Crippen molar-refractivity contribution in [2.24, 2.45) is 0 Å². The molecule has 0 N–H and O–H groups in total. The minimum Gasteiger partial charge on any atom is -0.456 e. The van der Waals surface area contributed by atoms with Crippen LogP contribution in [-0.2, 0) is 6.42 Å². The van der Waals surface area contributed by atoms with Crippen LogP contribution in [0.2, 0.25) is 0 Å². The van der Waals surface area contributed by atoms with Crippen LogP contribution in [0, 0.1) is 6.92 Å². The Bertz CT molecular complexity index is 595. The molecule has 0 fully saturated rings. The molecule has 1 aromatic heterocycles. The Kier molecular flexibility index (Phi) is 5.44. The molecule has 1 heterocycles. The summed E-state index contributed by atoms with van der Waals surface area (Å²) in [4.78, 5) is 0. The van der Waals surface area contributed by atoms with Gasteiger partial charge in [0, 0.05) is 5.56 Å². The number of rotatable bonds is 6. The molecule has 0 radical (unpaired) electrons. The molecule has 2 rings (SSSR count). The van der Waals surface area contributed by atoms with Crippen molar-refractivity contribution in [2.75, 3.05) is 0 Å². The molecule has 21 heavy (non-hydrogen) atoms. The molecule has 0 saturated heterocycles. The smallest absolute Gasteiger partial charge is 0.137 e. The lowest BCUT2D eigenvalue weighted by Crippen LogP contribution is -1.86. The van der Waals surface area contributed by atoms with E-state index in [9.17, 15) is 0 Å². The third kappa shape index (κ3) is 4.35. The molecule has 1 aromatic carbocycles. The van der Waals surface area contributed by atoms with E-state index in [4.69, 9.17) is 4.42 Å². The molecule has 0 unspecified atom stereocenters. The molecule has 2 aromatic rings. The molecule has 0 spiro atoms. The van der Waals surface area contributed by atoms with Crippen molar-refractivity contribution >= 4 is 6.08 Å². The van der Waals surface area contributed by atoms with E-state index >= 15 is 0 Å². The minimum atomic E-state index is 0.970. The van der Waals surface area contributed by atoms with Gasteiger partial charge in [0.1, 0.15) is 11.5 Å². The van der Waals surface area contributed by atoms with Crippen molar-refractivity contribution in [3.05, 3.63) is 52.8 Å². The summed E-state index contributed by atoms with van der Waals surface area (Å²) in [5.41, 5.74) is 5.06. The van der Waals surface area contributed by atoms with Crippen LogP contribution in [0.4, 0.5) is 0 Å². The number of hydrogen-bond acceptors (Lipinski definition) is 1. The van der Waals surface area contributed by atoms with E-state index in [1.165, 1.54) is 41.5 Å². The lowest BCUT2D eigenvalue weighted by Gasteiger charge is -2.03. The van der Waals surface area contributed by atoms with E-state index in [1.807, 2.05) is 0 Å². The molecule has 0 aliphatic rings. The number of aryl methyl sites for hydroxylation is 2. The summed E-state index contributed by atoms with van der Waals surface area (Å²) in [6, 6.07) is 10.8. The monoisotopic (exact) mass is 282 g/mol. The van der Waals surface area contributed by atoms with Gasteiger partial charge in [0.2, 0.25) is 0 Å². The van der Waals surface area contributed by atoms with E-state index in [0.29, 0.717) is 0 Å². The summed E-state index contributed by atoms with van der Waals surface area (Å²) in [7, 11) is 0. The van der Waals surface area contributed by atoms with Gasteiger partial charge in [-0.2, -0.15) is 0 Å². The summed E-state index contributed by atoms with van der Waals surface area (Å²) < 4.78 is 6.11. The van der Waals surface area contributed by atoms with Crippen LogP contribution >= 0.6 is 0 Å². The summed E-state index contributed by atoms with van der Waals surface area (Å²) in [5, 5.41) is 0. The van der Waals surface area contributed by atoms with E-state index in [1.54, 1.807) is 0 Å². The standard InChI is InChI=1S/C20H26O/c1-5-6-7-8-18-14-19(13-15(2)3)21-20(18)17-11-9-16(4)10-12-17/h9-14H,5-8H2,1-4H3. The first-order valence-corrected chi connectivity index (χ1v) is 7.94. The van der Waals surface area contributed by atoms with Gasteiger partial charge in [0.25, 0.3) is 0 Å². The first kappa shape index (κ1) is 15.6. The van der Waals surface area contributed by atoms with Crippen molar-refractivity contribution in [3.8, 4) is 11.3 Å². The second-order valence-electron chi connectivity index (χ2n) is 6.05. The summed E-state index contributed by atoms with van der Waals surface area (Å²) >= 11 is 0. The van der Waals surface area contributed by atoms with Crippen LogP contribution in [0.5, 0.6) is 0 Å². The van der Waals surface area contributed by atoms with E-state index in [2.05, 4.69) is 64.1 Å². The third-order valence-corrected chi connectivity index (χ3v) is 3.62. The minimum absolute atomic E-state index is 0.970. The van der Waals surface area contributed by atoms with Crippen LogP contribution in [0.3, 0.4) is 0 Å². The lowest BCUT2D eigenvalue weighted by atomic mass is 10.0. The highest BCUT2D eigenvalue weighted by molar-refractivity contribution is 5.65. The Morgan fingerprint density at radius 1 is 1.10 bits per heavy atom. The normalized spacial score (nSPS) is 10.7. The molecule has 0 atom stereocenters. The fourth-order valence-corrected chi connectivity index (χ4v) is 2.51. The molecule has 0 aliphatic heterocycles. The largest absolute Gasteiger partial charge is 0.456 e. The fraction of sp³-hybridized carbons (Fsp3) is 0.400. The average Bonchev–Trinajstić information content (AvgIpc) is 2.82. The van der Waals surface area contributed by atoms with Crippen LogP contribution in [0.15, 0.2) is 40.3 Å². The van der Waals surface area contributed by atoms with Gasteiger partial charge < -0.3 is 4.42 Å². The van der Waals surface area contributed by atoms with E-state index in [-0.39, 0.29) is 0 Å². The van der Waals surface area contributed by atoms with Crippen molar-refractivity contribution in [1.29, 1.82) is 0 Å². The average molecular weight is 282 g/mol. The number of allylic oxidation sites excluding steroid dienone is 1. The molecule has 1 heteroatoms. The Morgan fingerprint density at radius 3 is 2.43 bits per heavy atom. The molecule has 0 aliphatic carbocycles. The maximum atomic E-state index is 6.11. The lowest BCUT2D eigenvalue weighted by molar-refractivity contribution is 0.567.